The monoisotopic (exact) mass is 272 g/mol. The van der Waals surface area contributed by atoms with Crippen molar-refractivity contribution in [3.05, 3.63) is 29.8 Å². The molecule has 1 amide bonds. The van der Waals surface area contributed by atoms with Crippen molar-refractivity contribution >= 4 is 11.8 Å². The van der Waals surface area contributed by atoms with E-state index in [1.165, 1.54) is 24.3 Å². The Kier molecular flexibility index (Phi) is 4.83. The molecule has 0 aliphatic rings. The smallest absolute Gasteiger partial charge is 0.412 e. The molecule has 106 valence electrons. The van der Waals surface area contributed by atoms with Gasteiger partial charge in [0, 0.05) is 5.69 Å². The zero-order valence-corrected chi connectivity index (χ0v) is 11.1. The molecule has 0 saturated heterocycles. The molecule has 0 aliphatic carbocycles. The summed E-state index contributed by atoms with van der Waals surface area (Å²) in [4.78, 5) is 11.5. The number of ether oxygens (including phenoxy) is 1. The summed E-state index contributed by atoms with van der Waals surface area (Å²) < 4.78 is 29.9. The summed E-state index contributed by atoms with van der Waals surface area (Å²) in [5.41, 5.74) is 5.48. The zero-order chi connectivity index (χ0) is 14.6. The van der Waals surface area contributed by atoms with Crippen LogP contribution in [0.15, 0.2) is 24.3 Å². The van der Waals surface area contributed by atoms with Crippen LogP contribution in [-0.4, -0.2) is 18.1 Å². The first-order valence-electron chi connectivity index (χ1n) is 5.83. The van der Waals surface area contributed by atoms with Crippen LogP contribution in [0.2, 0.25) is 0 Å². The molecular weight excluding hydrogens is 254 g/mol. The molecule has 1 aromatic rings. The molecule has 0 heterocycles. The second kappa shape index (κ2) is 5.97. The van der Waals surface area contributed by atoms with E-state index in [0.717, 1.165) is 0 Å². The van der Waals surface area contributed by atoms with Crippen LogP contribution in [0, 0.1) is 0 Å². The molecule has 0 radical (unpaired) electrons. The number of carbonyl (C=O) groups excluding carboxylic acids is 1. The molecule has 4 nitrogen and oxygen atoms in total. The maximum absolute atomic E-state index is 12.4. The third kappa shape index (κ3) is 5.21. The topological polar surface area (TPSA) is 64.3 Å². The lowest BCUT2D eigenvalue weighted by molar-refractivity contribution is 0.0636. The fraction of sp³-hybridized carbons (Fsp3) is 0.462. The lowest BCUT2D eigenvalue weighted by Gasteiger charge is -2.19. The lowest BCUT2D eigenvalue weighted by atomic mass is 10.1. The maximum atomic E-state index is 12.4. The van der Waals surface area contributed by atoms with Crippen LogP contribution in [0.25, 0.3) is 0 Å². The molecule has 0 saturated carbocycles. The minimum atomic E-state index is -2.62. The highest BCUT2D eigenvalue weighted by molar-refractivity contribution is 5.84. The van der Waals surface area contributed by atoms with Gasteiger partial charge in [0.1, 0.15) is 5.60 Å². The van der Waals surface area contributed by atoms with Gasteiger partial charge in [-0.1, -0.05) is 12.1 Å². The number of nitrogens with two attached hydrogens (primary N) is 1. The fourth-order valence-corrected chi connectivity index (χ4v) is 1.36. The summed E-state index contributed by atoms with van der Waals surface area (Å²) in [6, 6.07) is 4.58. The molecule has 0 aliphatic heterocycles. The third-order valence-electron chi connectivity index (χ3n) is 2.21. The second-order valence-corrected chi connectivity index (χ2v) is 5.11. The quantitative estimate of drug-likeness (QED) is 0.887. The predicted octanol–water partition coefficient (Wildman–Crippen LogP) is 3.30. The molecule has 3 N–H and O–H groups in total. The summed E-state index contributed by atoms with van der Waals surface area (Å²) in [6.07, 6.45) is -3.22. The van der Waals surface area contributed by atoms with Crippen LogP contribution in [0.5, 0.6) is 0 Å². The van der Waals surface area contributed by atoms with Gasteiger partial charge >= 0.3 is 6.09 Å². The van der Waals surface area contributed by atoms with Crippen molar-refractivity contribution in [3.63, 3.8) is 0 Å². The predicted molar refractivity (Wildman–Crippen MR) is 69.2 cm³/mol. The van der Waals surface area contributed by atoms with Crippen LogP contribution >= 0.6 is 0 Å². The van der Waals surface area contributed by atoms with Gasteiger partial charge in [-0.25, -0.2) is 13.6 Å². The molecule has 1 atom stereocenters. The Morgan fingerprint density at radius 1 is 1.26 bits per heavy atom. The molecule has 19 heavy (non-hydrogen) atoms. The van der Waals surface area contributed by atoms with E-state index in [9.17, 15) is 13.6 Å². The van der Waals surface area contributed by atoms with Crippen molar-refractivity contribution in [1.82, 2.24) is 0 Å². The first-order chi connectivity index (χ1) is 8.69. The summed E-state index contributed by atoms with van der Waals surface area (Å²) in [6.45, 7) is 5.24. The van der Waals surface area contributed by atoms with Crippen molar-refractivity contribution in [2.24, 2.45) is 5.73 Å². The number of anilines is 1. The van der Waals surface area contributed by atoms with E-state index in [0.29, 0.717) is 11.3 Å². The van der Waals surface area contributed by atoms with Gasteiger partial charge in [-0.05, 0) is 38.5 Å². The van der Waals surface area contributed by atoms with Crippen LogP contribution in [0.1, 0.15) is 32.4 Å². The Labute approximate surface area is 110 Å². The van der Waals surface area contributed by atoms with E-state index >= 15 is 0 Å². The number of hydrogen-bond donors (Lipinski definition) is 2. The number of nitrogens with one attached hydrogen (secondary N) is 1. The number of amides is 1. The SMILES string of the molecule is CC(C)(C)OC(=O)Nc1ccc(C(N)C(F)F)cc1. The van der Waals surface area contributed by atoms with Gasteiger partial charge < -0.3 is 10.5 Å². The maximum Gasteiger partial charge on any atom is 0.412 e. The summed E-state index contributed by atoms with van der Waals surface area (Å²) >= 11 is 0. The normalized spacial score (nSPS) is 13.2. The number of rotatable bonds is 3. The summed E-state index contributed by atoms with van der Waals surface area (Å²) in [5, 5.41) is 2.50. The molecule has 1 rings (SSSR count). The third-order valence-corrected chi connectivity index (χ3v) is 2.21. The first kappa shape index (κ1) is 15.4. The lowest BCUT2D eigenvalue weighted by Crippen LogP contribution is -2.27. The van der Waals surface area contributed by atoms with Crippen LogP contribution in [0.3, 0.4) is 0 Å². The van der Waals surface area contributed by atoms with E-state index in [1.807, 2.05) is 0 Å². The molecule has 1 aromatic carbocycles. The molecule has 6 heteroatoms. The van der Waals surface area contributed by atoms with Crippen LogP contribution in [-0.2, 0) is 4.74 Å². The van der Waals surface area contributed by atoms with Crippen molar-refractivity contribution in [2.75, 3.05) is 5.32 Å². The largest absolute Gasteiger partial charge is 0.444 e. The number of alkyl halides is 2. The van der Waals surface area contributed by atoms with Gasteiger partial charge in [0.2, 0.25) is 0 Å². The molecular formula is C13H18F2N2O2. The minimum absolute atomic E-state index is 0.310. The summed E-state index contributed by atoms with van der Waals surface area (Å²) in [7, 11) is 0. The molecule has 0 fully saturated rings. The Bertz CT molecular complexity index is 427. The van der Waals surface area contributed by atoms with Gasteiger partial charge in [-0.15, -0.1) is 0 Å². The van der Waals surface area contributed by atoms with E-state index in [1.54, 1.807) is 20.8 Å². The summed E-state index contributed by atoms with van der Waals surface area (Å²) in [5.74, 6) is 0. The van der Waals surface area contributed by atoms with Gasteiger partial charge in [0.05, 0.1) is 6.04 Å². The average Bonchev–Trinajstić information content (AvgIpc) is 2.26. The molecule has 0 spiro atoms. The van der Waals surface area contributed by atoms with Crippen LogP contribution in [0.4, 0.5) is 19.3 Å². The Morgan fingerprint density at radius 2 is 1.79 bits per heavy atom. The molecule has 1 unspecified atom stereocenters. The average molecular weight is 272 g/mol. The van der Waals surface area contributed by atoms with E-state index < -0.39 is 24.2 Å². The standard InChI is InChI=1S/C13H18F2N2O2/c1-13(2,3)19-12(18)17-9-6-4-8(5-7-9)10(16)11(14)15/h4-7,10-11H,16H2,1-3H3,(H,17,18). The number of hydrogen-bond acceptors (Lipinski definition) is 3. The Morgan fingerprint density at radius 3 is 2.21 bits per heavy atom. The van der Waals surface area contributed by atoms with Crippen molar-refractivity contribution in [3.8, 4) is 0 Å². The number of halogens is 2. The zero-order valence-electron chi connectivity index (χ0n) is 11.1. The first-order valence-corrected chi connectivity index (χ1v) is 5.83. The van der Waals surface area contributed by atoms with Crippen LogP contribution < -0.4 is 11.1 Å². The fourth-order valence-electron chi connectivity index (χ4n) is 1.36. The second-order valence-electron chi connectivity index (χ2n) is 5.11. The Balaban J connectivity index is 2.65. The van der Waals surface area contributed by atoms with E-state index in [2.05, 4.69) is 5.32 Å². The minimum Gasteiger partial charge on any atom is -0.444 e. The highest BCUT2D eigenvalue weighted by atomic mass is 19.3. The highest BCUT2D eigenvalue weighted by Gasteiger charge is 2.18. The van der Waals surface area contributed by atoms with Gasteiger partial charge in [-0.2, -0.15) is 0 Å². The number of carbonyl (C=O) groups is 1. The van der Waals surface area contributed by atoms with Crippen molar-refractivity contribution in [1.29, 1.82) is 0 Å². The van der Waals surface area contributed by atoms with Gasteiger partial charge in [-0.3, -0.25) is 5.32 Å². The van der Waals surface area contributed by atoms with Gasteiger partial charge in [0.15, 0.2) is 0 Å². The molecule has 0 aromatic heterocycles. The van der Waals surface area contributed by atoms with Crippen molar-refractivity contribution < 1.29 is 18.3 Å². The number of benzene rings is 1. The van der Waals surface area contributed by atoms with Gasteiger partial charge in [0.25, 0.3) is 6.43 Å². The Hall–Kier alpha value is -1.69. The highest BCUT2D eigenvalue weighted by Crippen LogP contribution is 2.20. The van der Waals surface area contributed by atoms with Crippen molar-refractivity contribution in [2.45, 2.75) is 38.8 Å². The van der Waals surface area contributed by atoms with E-state index in [4.69, 9.17) is 10.5 Å². The molecule has 0 bridgehead atoms. The van der Waals surface area contributed by atoms with E-state index in [-0.39, 0.29) is 0 Å².